The van der Waals surface area contributed by atoms with Gasteiger partial charge in [-0.15, -0.1) is 0 Å². The van der Waals surface area contributed by atoms with E-state index in [1.807, 2.05) is 88.4 Å². The molecule has 15 heteroatoms. The molecule has 0 fully saturated rings. The van der Waals surface area contributed by atoms with Gasteiger partial charge < -0.3 is 44.1 Å². The quantitative estimate of drug-likeness (QED) is 0.0561. The van der Waals surface area contributed by atoms with E-state index in [1.54, 1.807) is 49.6 Å². The van der Waals surface area contributed by atoms with Crippen molar-refractivity contribution in [3.05, 3.63) is 127 Å². The molecule has 0 saturated carbocycles. The highest BCUT2D eigenvalue weighted by molar-refractivity contribution is 5.75. The number of hydrogen-bond donors (Lipinski definition) is 4. The van der Waals surface area contributed by atoms with Crippen molar-refractivity contribution in [1.82, 2.24) is 29.9 Å². The molecule has 73 heavy (non-hydrogen) atoms. The van der Waals surface area contributed by atoms with Gasteiger partial charge in [-0.05, 0) is 113 Å². The molecular weight excluding hydrogens is 925 g/mol. The van der Waals surface area contributed by atoms with Crippen LogP contribution in [0.2, 0.25) is 0 Å². The summed E-state index contributed by atoms with van der Waals surface area (Å²) in [6, 6.07) is 35.4. The van der Waals surface area contributed by atoms with Crippen molar-refractivity contribution in [2.24, 2.45) is 5.92 Å². The number of phenolic OH excluding ortho intramolecular Hbond substituents is 4. The molecule has 6 aromatic carbocycles. The molecule has 1 unspecified atom stereocenters. The number of unbranched alkanes of at least 4 members (excludes halogenated alkanes) is 1. The summed E-state index contributed by atoms with van der Waals surface area (Å²) >= 11 is 0. The predicted octanol–water partition coefficient (Wildman–Crippen LogP) is 12.7. The monoisotopic (exact) mass is 986 g/mol. The zero-order valence-electron chi connectivity index (χ0n) is 42.3. The first kappa shape index (κ1) is 52.4. The molecule has 2 aromatic heterocycles. The van der Waals surface area contributed by atoms with E-state index in [0.717, 1.165) is 35.3 Å². The fourth-order valence-corrected chi connectivity index (χ4v) is 7.71. The highest BCUT2D eigenvalue weighted by Crippen LogP contribution is 2.38. The first-order chi connectivity index (χ1) is 35.4. The summed E-state index contributed by atoms with van der Waals surface area (Å²) in [6.45, 7) is 14.0. The second-order valence-corrected chi connectivity index (χ2v) is 16.9. The van der Waals surface area contributed by atoms with Gasteiger partial charge in [-0.25, -0.2) is 29.9 Å². The Bertz CT molecular complexity index is 2920. The average molecular weight is 987 g/mol. The molecule has 8 aromatic rings. The third-order valence-electron chi connectivity index (χ3n) is 11.7. The molecule has 4 N–H and O–H groups in total. The molecule has 0 saturated heterocycles. The minimum Gasteiger partial charge on any atom is -0.507 e. The standard InChI is InChI=1S/C31H35N3O3.C27H27N3O6/c1-5-7-8-22(6-2)20-37-26-17-18-27(28(35)19-26)31-33-29(23-11-9-21(3)10-12-23)32-30(34-31)24-13-15-25(36-4)16-14-24;1-4-34-16-7-10-19(22(31)13-16)25-28-26(20-11-8-17(35-5-2)14-23(20)32)30-27(29-25)21-12-9-18(36-6-3)15-24(21)33/h9-19,22,35H,5-8,20H2,1-4H3;7-15,31-33H,4-6H2,1-3H3. The molecule has 0 spiro atoms. The van der Waals surface area contributed by atoms with E-state index in [2.05, 4.69) is 28.8 Å². The molecule has 0 bridgehead atoms. The lowest BCUT2D eigenvalue weighted by molar-refractivity contribution is 0.232. The molecule has 0 amide bonds. The van der Waals surface area contributed by atoms with Gasteiger partial charge in [-0.2, -0.15) is 0 Å². The van der Waals surface area contributed by atoms with E-state index >= 15 is 0 Å². The number of aryl methyl sites for hydroxylation is 1. The zero-order valence-corrected chi connectivity index (χ0v) is 42.3. The van der Waals surface area contributed by atoms with Crippen LogP contribution in [0.5, 0.6) is 51.7 Å². The van der Waals surface area contributed by atoms with E-state index in [0.29, 0.717) is 95.1 Å². The zero-order chi connectivity index (χ0) is 51.9. The Kier molecular flexibility index (Phi) is 18.0. The van der Waals surface area contributed by atoms with Crippen LogP contribution in [-0.4, -0.2) is 83.9 Å². The largest absolute Gasteiger partial charge is 0.507 e. The second-order valence-electron chi connectivity index (χ2n) is 16.9. The summed E-state index contributed by atoms with van der Waals surface area (Å²) in [4.78, 5) is 27.7. The van der Waals surface area contributed by atoms with Crippen molar-refractivity contribution >= 4 is 0 Å². The number of ether oxygens (including phenoxy) is 5. The fourth-order valence-electron chi connectivity index (χ4n) is 7.71. The topological polar surface area (TPSA) is 204 Å². The average Bonchev–Trinajstić information content (AvgIpc) is 3.39. The van der Waals surface area contributed by atoms with Gasteiger partial charge in [0, 0.05) is 35.4 Å². The van der Waals surface area contributed by atoms with E-state index in [1.165, 1.54) is 31.0 Å². The lowest BCUT2D eigenvalue weighted by atomic mass is 10.0. The summed E-state index contributed by atoms with van der Waals surface area (Å²) in [5.74, 6) is 5.12. The van der Waals surface area contributed by atoms with Gasteiger partial charge in [0.25, 0.3) is 0 Å². The van der Waals surface area contributed by atoms with Crippen LogP contribution in [-0.2, 0) is 0 Å². The van der Waals surface area contributed by atoms with Crippen LogP contribution in [0.3, 0.4) is 0 Å². The molecule has 8 rings (SSSR count). The summed E-state index contributed by atoms with van der Waals surface area (Å²) in [5.41, 5.74) is 4.38. The Hall–Kier alpha value is -8.46. The van der Waals surface area contributed by atoms with Crippen LogP contribution < -0.4 is 23.7 Å². The minimum atomic E-state index is -0.0871. The van der Waals surface area contributed by atoms with Crippen LogP contribution >= 0.6 is 0 Å². The molecule has 0 aliphatic carbocycles. The van der Waals surface area contributed by atoms with Crippen molar-refractivity contribution in [2.45, 2.75) is 67.2 Å². The second kappa shape index (κ2) is 25.1. The number of benzene rings is 6. The number of nitrogens with zero attached hydrogens (tertiary/aromatic N) is 6. The first-order valence-corrected chi connectivity index (χ1v) is 24.5. The number of hydrogen-bond acceptors (Lipinski definition) is 15. The van der Waals surface area contributed by atoms with Gasteiger partial charge in [0.05, 0.1) is 55.8 Å². The third-order valence-corrected chi connectivity index (χ3v) is 11.7. The minimum absolute atomic E-state index is 0.0702. The van der Waals surface area contributed by atoms with E-state index in [4.69, 9.17) is 38.6 Å². The molecule has 1 atom stereocenters. The Morgan fingerprint density at radius 3 is 1.07 bits per heavy atom. The lowest BCUT2D eigenvalue weighted by Gasteiger charge is -2.16. The maximum absolute atomic E-state index is 10.9. The summed E-state index contributed by atoms with van der Waals surface area (Å²) in [7, 11) is 1.63. The van der Waals surface area contributed by atoms with Crippen molar-refractivity contribution < 1.29 is 44.1 Å². The molecular formula is C58H62N6O9. The van der Waals surface area contributed by atoms with Crippen molar-refractivity contribution in [1.29, 1.82) is 0 Å². The Labute approximate surface area is 426 Å². The summed E-state index contributed by atoms with van der Waals surface area (Å²) < 4.78 is 27.7. The lowest BCUT2D eigenvalue weighted by Crippen LogP contribution is -2.11. The Balaban J connectivity index is 0.000000214. The predicted molar refractivity (Wildman–Crippen MR) is 283 cm³/mol. The van der Waals surface area contributed by atoms with E-state index in [9.17, 15) is 20.4 Å². The van der Waals surface area contributed by atoms with Crippen LogP contribution in [0.15, 0.2) is 121 Å². The molecule has 0 aliphatic rings. The number of aromatic hydroxyl groups is 4. The third kappa shape index (κ3) is 13.5. The van der Waals surface area contributed by atoms with Gasteiger partial charge in [-0.3, -0.25) is 0 Å². The fraction of sp³-hybridized carbons (Fsp3) is 0.276. The SMILES string of the molecule is CCCCC(CC)COc1ccc(-c2nc(-c3ccc(C)cc3)nc(-c3ccc(OC)cc3)n2)c(O)c1.CCOc1ccc(-c2nc(-c3ccc(OCC)cc3O)nc(-c3ccc(OCC)cc3O)n2)c(O)c1. The van der Waals surface area contributed by atoms with Gasteiger partial charge in [0.15, 0.2) is 34.9 Å². The van der Waals surface area contributed by atoms with Gasteiger partial charge >= 0.3 is 0 Å². The molecule has 2 heterocycles. The van der Waals surface area contributed by atoms with Crippen LogP contribution in [0.25, 0.3) is 68.3 Å². The van der Waals surface area contributed by atoms with Gasteiger partial charge in [0.1, 0.15) is 51.7 Å². The normalized spacial score (nSPS) is 11.3. The molecule has 378 valence electrons. The smallest absolute Gasteiger partial charge is 0.167 e. The van der Waals surface area contributed by atoms with Crippen molar-refractivity contribution in [3.63, 3.8) is 0 Å². The summed E-state index contributed by atoms with van der Waals surface area (Å²) in [5, 5.41) is 43.0. The first-order valence-electron chi connectivity index (χ1n) is 24.5. The van der Waals surface area contributed by atoms with Crippen LogP contribution in [0.1, 0.15) is 65.9 Å². The van der Waals surface area contributed by atoms with E-state index < -0.39 is 0 Å². The number of methoxy groups -OCH3 is 1. The highest BCUT2D eigenvalue weighted by Gasteiger charge is 2.20. The summed E-state index contributed by atoms with van der Waals surface area (Å²) in [6.07, 6.45) is 4.61. The van der Waals surface area contributed by atoms with E-state index in [-0.39, 0.29) is 40.5 Å². The molecule has 15 nitrogen and oxygen atoms in total. The molecule has 0 aliphatic heterocycles. The van der Waals surface area contributed by atoms with Crippen molar-refractivity contribution in [3.8, 4) is 120 Å². The molecule has 0 radical (unpaired) electrons. The number of phenols is 4. The van der Waals surface area contributed by atoms with Crippen LogP contribution in [0.4, 0.5) is 0 Å². The number of aromatic nitrogens is 6. The van der Waals surface area contributed by atoms with Crippen molar-refractivity contribution in [2.75, 3.05) is 33.5 Å². The maximum atomic E-state index is 10.9. The maximum Gasteiger partial charge on any atom is 0.167 e. The highest BCUT2D eigenvalue weighted by atomic mass is 16.5. The van der Waals surface area contributed by atoms with Gasteiger partial charge in [-0.1, -0.05) is 62.9 Å². The Morgan fingerprint density at radius 2 is 0.740 bits per heavy atom. The number of rotatable bonds is 20. The Morgan fingerprint density at radius 1 is 0.411 bits per heavy atom. The van der Waals surface area contributed by atoms with Crippen LogP contribution in [0, 0.1) is 12.8 Å². The van der Waals surface area contributed by atoms with Gasteiger partial charge in [0.2, 0.25) is 0 Å².